The normalized spacial score (nSPS) is 18.7. The van der Waals surface area contributed by atoms with Gasteiger partial charge in [-0.15, -0.1) is 0 Å². The van der Waals surface area contributed by atoms with E-state index in [9.17, 15) is 22.0 Å². The average molecular weight is 437 g/mol. The van der Waals surface area contributed by atoms with Gasteiger partial charge in [0.1, 0.15) is 29.1 Å². The van der Waals surface area contributed by atoms with Gasteiger partial charge in [0.25, 0.3) is 0 Å². The number of benzene rings is 2. The van der Waals surface area contributed by atoms with Crippen molar-refractivity contribution in [2.24, 2.45) is 0 Å². The SMILES string of the molecule is CCCCc1cc(F)c(C#CC2(Cl)CC(F)=C(c3cccc(F)c3)C=C2F)c(F)c1. The minimum atomic E-state index is -2.11. The maximum atomic E-state index is 14.7. The molecule has 156 valence electrons. The standard InChI is InChI=1S/C24H18ClF5/c1-2-3-5-15-10-20(27)18(21(28)11-15)8-9-24(25)14-22(29)19(13-23(24)30)16-6-4-7-17(26)12-16/h4,6-7,10-13H,2-3,5,14H2,1H3. The second-order valence-electron chi connectivity index (χ2n) is 7.09. The monoisotopic (exact) mass is 436 g/mol. The highest BCUT2D eigenvalue weighted by Gasteiger charge is 2.37. The van der Waals surface area contributed by atoms with Crippen molar-refractivity contribution in [3.05, 3.63) is 88.3 Å². The molecule has 30 heavy (non-hydrogen) atoms. The van der Waals surface area contributed by atoms with Gasteiger partial charge in [0.05, 0.1) is 5.56 Å². The molecule has 2 aromatic rings. The lowest BCUT2D eigenvalue weighted by molar-refractivity contribution is 0.497. The molecule has 0 amide bonds. The maximum absolute atomic E-state index is 14.7. The van der Waals surface area contributed by atoms with Crippen molar-refractivity contribution in [2.45, 2.75) is 37.5 Å². The zero-order valence-electron chi connectivity index (χ0n) is 16.1. The van der Waals surface area contributed by atoms with Crippen molar-refractivity contribution < 1.29 is 22.0 Å². The Morgan fingerprint density at radius 3 is 2.37 bits per heavy atom. The lowest BCUT2D eigenvalue weighted by Gasteiger charge is -2.24. The van der Waals surface area contributed by atoms with E-state index in [1.807, 2.05) is 6.92 Å². The fraction of sp³-hybridized carbons (Fsp3) is 0.250. The molecular formula is C24H18ClF5. The van der Waals surface area contributed by atoms with Gasteiger partial charge in [-0.2, -0.15) is 0 Å². The summed E-state index contributed by atoms with van der Waals surface area (Å²) in [7, 11) is 0. The molecule has 0 spiro atoms. The number of hydrogen-bond acceptors (Lipinski definition) is 0. The number of aryl methyl sites for hydroxylation is 1. The lowest BCUT2D eigenvalue weighted by atomic mass is 9.90. The van der Waals surface area contributed by atoms with Crippen LogP contribution in [0.25, 0.3) is 5.57 Å². The van der Waals surface area contributed by atoms with E-state index in [-0.39, 0.29) is 11.1 Å². The van der Waals surface area contributed by atoms with Crippen LogP contribution in [0.2, 0.25) is 0 Å². The largest absolute Gasteiger partial charge is 0.211 e. The first-order chi connectivity index (χ1) is 14.2. The number of unbranched alkanes of at least 4 members (excludes halogenated alkanes) is 1. The minimum absolute atomic E-state index is 0.147. The van der Waals surface area contributed by atoms with Gasteiger partial charge < -0.3 is 0 Å². The molecule has 0 heterocycles. The molecule has 0 saturated carbocycles. The second kappa shape index (κ2) is 9.06. The average Bonchev–Trinajstić information content (AvgIpc) is 2.68. The Bertz CT molecular complexity index is 1070. The minimum Gasteiger partial charge on any atom is -0.211 e. The Hall–Kier alpha value is -2.58. The van der Waals surface area contributed by atoms with Gasteiger partial charge in [0.15, 0.2) is 4.87 Å². The first-order valence-corrected chi connectivity index (χ1v) is 9.83. The molecule has 1 aliphatic rings. The summed E-state index contributed by atoms with van der Waals surface area (Å²) in [6.07, 6.45) is 2.35. The highest BCUT2D eigenvalue weighted by atomic mass is 35.5. The Morgan fingerprint density at radius 1 is 1.03 bits per heavy atom. The van der Waals surface area contributed by atoms with Crippen molar-refractivity contribution in [3.63, 3.8) is 0 Å². The molecule has 1 atom stereocenters. The van der Waals surface area contributed by atoms with E-state index in [0.29, 0.717) is 12.0 Å². The van der Waals surface area contributed by atoms with Crippen molar-refractivity contribution in [1.82, 2.24) is 0 Å². The fourth-order valence-electron chi connectivity index (χ4n) is 3.14. The van der Waals surface area contributed by atoms with Crippen LogP contribution in [-0.2, 0) is 6.42 Å². The number of alkyl halides is 1. The third kappa shape index (κ3) is 4.76. The van der Waals surface area contributed by atoms with E-state index in [1.165, 1.54) is 30.3 Å². The number of hydrogen-bond donors (Lipinski definition) is 0. The van der Waals surface area contributed by atoms with Gasteiger partial charge in [0, 0.05) is 12.0 Å². The molecule has 0 nitrogen and oxygen atoms in total. The summed E-state index contributed by atoms with van der Waals surface area (Å²) in [5.74, 6) is 0.335. The van der Waals surface area contributed by atoms with Crippen LogP contribution in [0.15, 0.2) is 54.1 Å². The van der Waals surface area contributed by atoms with Crippen LogP contribution in [0.4, 0.5) is 22.0 Å². The molecule has 0 fully saturated rings. The van der Waals surface area contributed by atoms with Crippen LogP contribution in [0.1, 0.15) is 42.9 Å². The van der Waals surface area contributed by atoms with Crippen LogP contribution < -0.4 is 0 Å². The molecule has 0 aromatic heterocycles. The lowest BCUT2D eigenvalue weighted by Crippen LogP contribution is -2.23. The molecule has 0 bridgehead atoms. The topological polar surface area (TPSA) is 0 Å². The van der Waals surface area contributed by atoms with Gasteiger partial charge in [-0.3, -0.25) is 0 Å². The predicted octanol–water partition coefficient (Wildman–Crippen LogP) is 7.41. The number of rotatable bonds is 4. The third-order valence-corrected chi connectivity index (χ3v) is 5.19. The summed E-state index contributed by atoms with van der Waals surface area (Å²) in [6.45, 7) is 1.96. The molecule has 0 saturated heterocycles. The number of halogens is 6. The van der Waals surface area contributed by atoms with E-state index in [4.69, 9.17) is 11.6 Å². The predicted molar refractivity (Wildman–Crippen MR) is 109 cm³/mol. The summed E-state index contributed by atoms with van der Waals surface area (Å²) in [6, 6.07) is 7.40. The Labute approximate surface area is 177 Å². The summed E-state index contributed by atoms with van der Waals surface area (Å²) >= 11 is 6.15. The van der Waals surface area contributed by atoms with Gasteiger partial charge in [-0.25, -0.2) is 22.0 Å². The zero-order chi connectivity index (χ0) is 21.9. The third-order valence-electron chi connectivity index (χ3n) is 4.78. The zero-order valence-corrected chi connectivity index (χ0v) is 16.9. The van der Waals surface area contributed by atoms with Crippen LogP contribution in [-0.4, -0.2) is 4.87 Å². The van der Waals surface area contributed by atoms with E-state index in [2.05, 4.69) is 11.8 Å². The first-order valence-electron chi connectivity index (χ1n) is 9.46. The Kier molecular flexibility index (Phi) is 6.67. The summed E-state index contributed by atoms with van der Waals surface area (Å²) in [4.78, 5) is -2.11. The molecule has 3 rings (SSSR count). The van der Waals surface area contributed by atoms with Crippen LogP contribution in [0.3, 0.4) is 0 Å². The smallest absolute Gasteiger partial charge is 0.162 e. The van der Waals surface area contributed by atoms with Gasteiger partial charge in [-0.1, -0.05) is 48.9 Å². The van der Waals surface area contributed by atoms with Crippen LogP contribution in [0, 0.1) is 29.3 Å². The first kappa shape index (κ1) is 22.1. The molecule has 6 heteroatoms. The maximum Gasteiger partial charge on any atom is 0.162 e. The van der Waals surface area contributed by atoms with E-state index < -0.39 is 46.0 Å². The van der Waals surface area contributed by atoms with Crippen molar-refractivity contribution in [2.75, 3.05) is 0 Å². The van der Waals surface area contributed by atoms with Gasteiger partial charge in [-0.05, 0) is 54.3 Å². The van der Waals surface area contributed by atoms with Crippen LogP contribution in [0.5, 0.6) is 0 Å². The van der Waals surface area contributed by atoms with Crippen LogP contribution >= 0.6 is 11.6 Å². The Morgan fingerprint density at radius 2 is 1.73 bits per heavy atom. The quantitative estimate of drug-likeness (QED) is 0.266. The molecule has 0 N–H and O–H groups in total. The molecule has 1 aliphatic carbocycles. The summed E-state index contributed by atoms with van der Waals surface area (Å²) in [5, 5.41) is 0. The highest BCUT2D eigenvalue weighted by molar-refractivity contribution is 6.28. The molecular weight excluding hydrogens is 419 g/mol. The highest BCUT2D eigenvalue weighted by Crippen LogP contribution is 2.42. The van der Waals surface area contributed by atoms with E-state index in [0.717, 1.165) is 25.0 Å². The van der Waals surface area contributed by atoms with Crippen molar-refractivity contribution >= 4 is 17.2 Å². The molecule has 1 unspecified atom stereocenters. The number of allylic oxidation sites excluding steroid dienone is 4. The summed E-state index contributed by atoms with van der Waals surface area (Å²) in [5.41, 5.74) is -0.0596. The van der Waals surface area contributed by atoms with Gasteiger partial charge in [0.2, 0.25) is 0 Å². The van der Waals surface area contributed by atoms with Crippen molar-refractivity contribution in [3.8, 4) is 11.8 Å². The molecule has 0 radical (unpaired) electrons. The summed E-state index contributed by atoms with van der Waals surface area (Å²) < 4.78 is 71.3. The molecule has 2 aromatic carbocycles. The molecule has 0 aliphatic heterocycles. The van der Waals surface area contributed by atoms with Gasteiger partial charge >= 0.3 is 0 Å². The fourth-order valence-corrected chi connectivity index (χ4v) is 3.36. The van der Waals surface area contributed by atoms with E-state index in [1.54, 1.807) is 0 Å². The second-order valence-corrected chi connectivity index (χ2v) is 7.73. The van der Waals surface area contributed by atoms with Crippen molar-refractivity contribution in [1.29, 1.82) is 0 Å². The Balaban J connectivity index is 1.91. The van der Waals surface area contributed by atoms with E-state index >= 15 is 0 Å².